The highest BCUT2D eigenvalue weighted by molar-refractivity contribution is 6.16. The quantitative estimate of drug-likeness (QED) is 0.566. The number of hydrogen-bond acceptors (Lipinski definition) is 4. The molecule has 1 atom stereocenters. The third-order valence-electron chi connectivity index (χ3n) is 7.99. The van der Waals surface area contributed by atoms with Crippen LogP contribution in [0.4, 0.5) is 0 Å². The lowest BCUT2D eigenvalue weighted by Crippen LogP contribution is -2.40. The third-order valence-corrected chi connectivity index (χ3v) is 7.99. The van der Waals surface area contributed by atoms with Crippen molar-refractivity contribution in [1.29, 1.82) is 0 Å². The molecule has 2 aliphatic carbocycles. The van der Waals surface area contributed by atoms with Gasteiger partial charge in [-0.2, -0.15) is 0 Å². The average molecular weight is 465 g/mol. The van der Waals surface area contributed by atoms with Gasteiger partial charge in [-0.25, -0.2) is 0 Å². The fourth-order valence-electron chi connectivity index (χ4n) is 5.59. The van der Waals surface area contributed by atoms with E-state index in [1.807, 2.05) is 22.1 Å². The Kier molecular flexibility index (Phi) is 4.60. The van der Waals surface area contributed by atoms with E-state index in [1.54, 1.807) is 0 Å². The van der Waals surface area contributed by atoms with Crippen molar-refractivity contribution in [1.82, 2.24) is 14.8 Å². The summed E-state index contributed by atoms with van der Waals surface area (Å²) in [5, 5.41) is 1.12. The van der Waals surface area contributed by atoms with Gasteiger partial charge in [-0.3, -0.25) is 24.5 Å². The number of aliphatic imine (C=N–C) groups is 1. The summed E-state index contributed by atoms with van der Waals surface area (Å²) in [6.45, 7) is 2.22. The molecule has 0 radical (unpaired) electrons. The van der Waals surface area contributed by atoms with Gasteiger partial charge in [-0.05, 0) is 67.3 Å². The standard InChI is InChI=1S/C29H28N4O2/c34-27(22-7-8-22)32-15-11-19(17-32)18-33-26(31-29(12-13-29)28(33)35)21-5-3-20(4-6-21)23-9-10-25-24(16-23)2-1-14-30-25/h1-6,9-10,14,16,19,22H,7-8,11-13,15,17-18H2. The first-order valence-corrected chi connectivity index (χ1v) is 12.8. The van der Waals surface area contributed by atoms with Gasteiger partial charge in [0.15, 0.2) is 0 Å². The number of likely N-dealkylation sites (tertiary alicyclic amines) is 1. The molecule has 2 aliphatic heterocycles. The van der Waals surface area contributed by atoms with Crippen LogP contribution in [0.25, 0.3) is 22.0 Å². The Balaban J connectivity index is 1.12. The summed E-state index contributed by atoms with van der Waals surface area (Å²) < 4.78 is 0. The van der Waals surface area contributed by atoms with Crippen molar-refractivity contribution < 1.29 is 9.59 Å². The van der Waals surface area contributed by atoms with Crippen LogP contribution in [-0.4, -0.2) is 57.6 Å². The highest BCUT2D eigenvalue weighted by atomic mass is 16.2. The van der Waals surface area contributed by atoms with E-state index in [0.29, 0.717) is 18.4 Å². The van der Waals surface area contributed by atoms with Gasteiger partial charge in [0.05, 0.1) is 5.52 Å². The van der Waals surface area contributed by atoms with Crippen molar-refractivity contribution in [2.24, 2.45) is 16.8 Å². The monoisotopic (exact) mass is 464 g/mol. The highest BCUT2D eigenvalue weighted by Crippen LogP contribution is 2.46. The van der Waals surface area contributed by atoms with E-state index in [2.05, 4.69) is 53.5 Å². The second-order valence-corrected chi connectivity index (χ2v) is 10.6. The van der Waals surface area contributed by atoms with E-state index >= 15 is 0 Å². The Labute approximate surface area is 204 Å². The Bertz CT molecular complexity index is 1370. The molecule has 2 aromatic carbocycles. The molecule has 2 saturated carbocycles. The maximum atomic E-state index is 13.3. The molecule has 6 heteroatoms. The normalized spacial score (nSPS) is 22.8. The molecular formula is C29H28N4O2. The summed E-state index contributed by atoms with van der Waals surface area (Å²) in [5.74, 6) is 1.82. The lowest BCUT2D eigenvalue weighted by Gasteiger charge is -2.23. The van der Waals surface area contributed by atoms with Crippen LogP contribution < -0.4 is 0 Å². The molecular weight excluding hydrogens is 436 g/mol. The fourth-order valence-corrected chi connectivity index (χ4v) is 5.59. The molecule has 1 aromatic heterocycles. The van der Waals surface area contributed by atoms with E-state index in [0.717, 1.165) is 78.6 Å². The van der Waals surface area contributed by atoms with Crippen LogP contribution in [0.5, 0.6) is 0 Å². The van der Waals surface area contributed by atoms with E-state index in [9.17, 15) is 9.59 Å². The minimum atomic E-state index is -0.526. The van der Waals surface area contributed by atoms with Crippen LogP contribution >= 0.6 is 0 Å². The van der Waals surface area contributed by atoms with Crippen molar-refractivity contribution in [3.8, 4) is 11.1 Å². The Morgan fingerprint density at radius 3 is 2.51 bits per heavy atom. The average Bonchev–Trinajstić information content (AvgIpc) is 3.82. The van der Waals surface area contributed by atoms with Crippen molar-refractivity contribution in [2.75, 3.05) is 19.6 Å². The smallest absolute Gasteiger partial charge is 0.256 e. The van der Waals surface area contributed by atoms with Gasteiger partial charge in [0, 0.05) is 42.7 Å². The number of carbonyl (C=O) groups excluding carboxylic acids is 2. The maximum Gasteiger partial charge on any atom is 0.256 e. The summed E-state index contributed by atoms with van der Waals surface area (Å²) >= 11 is 0. The van der Waals surface area contributed by atoms with Crippen LogP contribution in [0.15, 0.2) is 65.8 Å². The van der Waals surface area contributed by atoms with Crippen molar-refractivity contribution in [2.45, 2.75) is 37.6 Å². The zero-order valence-corrected chi connectivity index (χ0v) is 19.7. The zero-order valence-electron chi connectivity index (χ0n) is 19.7. The number of carbonyl (C=O) groups is 2. The summed E-state index contributed by atoms with van der Waals surface area (Å²) in [6, 6.07) is 18.7. The molecule has 7 rings (SSSR count). The summed E-state index contributed by atoms with van der Waals surface area (Å²) in [4.78, 5) is 39.1. The number of amidine groups is 1. The highest BCUT2D eigenvalue weighted by Gasteiger charge is 2.57. The second kappa shape index (κ2) is 7.74. The molecule has 6 nitrogen and oxygen atoms in total. The molecule has 3 aromatic rings. The molecule has 3 fully saturated rings. The molecule has 0 N–H and O–H groups in total. The first-order valence-electron chi connectivity index (χ1n) is 12.8. The summed E-state index contributed by atoms with van der Waals surface area (Å²) in [7, 11) is 0. The number of hydrogen-bond donors (Lipinski definition) is 0. The Morgan fingerprint density at radius 2 is 1.74 bits per heavy atom. The summed E-state index contributed by atoms with van der Waals surface area (Å²) in [5.41, 5.74) is 3.71. The van der Waals surface area contributed by atoms with Gasteiger partial charge in [0.1, 0.15) is 11.4 Å². The number of rotatable bonds is 5. The fraction of sp³-hybridized carbons (Fsp3) is 0.379. The lowest BCUT2D eigenvalue weighted by molar-refractivity contribution is -0.131. The van der Waals surface area contributed by atoms with Gasteiger partial charge in [0.25, 0.3) is 5.91 Å². The lowest BCUT2D eigenvalue weighted by atomic mass is 10.0. The van der Waals surface area contributed by atoms with Crippen molar-refractivity contribution in [3.63, 3.8) is 0 Å². The first-order chi connectivity index (χ1) is 17.1. The largest absolute Gasteiger partial charge is 0.342 e. The van der Waals surface area contributed by atoms with Crippen LogP contribution in [0.2, 0.25) is 0 Å². The van der Waals surface area contributed by atoms with Gasteiger partial charge >= 0.3 is 0 Å². The minimum absolute atomic E-state index is 0.144. The van der Waals surface area contributed by atoms with Crippen molar-refractivity contribution in [3.05, 3.63) is 66.4 Å². The Morgan fingerprint density at radius 1 is 0.971 bits per heavy atom. The van der Waals surface area contributed by atoms with Crippen molar-refractivity contribution >= 4 is 28.6 Å². The molecule has 2 amide bonds. The predicted octanol–water partition coefficient (Wildman–Crippen LogP) is 4.28. The van der Waals surface area contributed by atoms with E-state index in [-0.39, 0.29) is 11.8 Å². The molecule has 0 bridgehead atoms. The predicted molar refractivity (Wildman–Crippen MR) is 135 cm³/mol. The second-order valence-electron chi connectivity index (χ2n) is 10.6. The molecule has 4 aliphatic rings. The zero-order chi connectivity index (χ0) is 23.6. The van der Waals surface area contributed by atoms with Gasteiger partial charge in [-0.1, -0.05) is 36.4 Å². The number of benzene rings is 2. The molecule has 1 spiro atoms. The van der Waals surface area contributed by atoms with Crippen LogP contribution in [0.1, 0.15) is 37.7 Å². The van der Waals surface area contributed by atoms with Gasteiger partial charge in [-0.15, -0.1) is 0 Å². The van der Waals surface area contributed by atoms with E-state index in [1.165, 1.54) is 0 Å². The SMILES string of the molecule is O=C(C1CC1)N1CCC(CN2C(=O)C3(CC3)N=C2c2ccc(-c3ccc4ncccc4c3)cc2)C1. The van der Waals surface area contributed by atoms with Crippen LogP contribution in [-0.2, 0) is 9.59 Å². The number of nitrogens with zero attached hydrogens (tertiary/aromatic N) is 4. The van der Waals surface area contributed by atoms with Crippen LogP contribution in [0.3, 0.4) is 0 Å². The number of amides is 2. The van der Waals surface area contributed by atoms with E-state index < -0.39 is 5.54 Å². The topological polar surface area (TPSA) is 65.9 Å². The maximum absolute atomic E-state index is 13.3. The van der Waals surface area contributed by atoms with Gasteiger partial charge < -0.3 is 4.90 Å². The Hall–Kier alpha value is -3.54. The molecule has 35 heavy (non-hydrogen) atoms. The molecule has 1 saturated heterocycles. The summed E-state index contributed by atoms with van der Waals surface area (Å²) in [6.07, 6.45) is 6.52. The first kappa shape index (κ1) is 20.8. The number of pyridine rings is 1. The third kappa shape index (κ3) is 3.63. The van der Waals surface area contributed by atoms with E-state index in [4.69, 9.17) is 4.99 Å². The molecule has 3 heterocycles. The molecule has 176 valence electrons. The minimum Gasteiger partial charge on any atom is -0.342 e. The number of aromatic nitrogens is 1. The van der Waals surface area contributed by atoms with Crippen LogP contribution in [0, 0.1) is 11.8 Å². The van der Waals surface area contributed by atoms with Gasteiger partial charge in [0.2, 0.25) is 5.91 Å². The number of fused-ring (bicyclic) bond motifs is 1. The molecule has 1 unspecified atom stereocenters.